The van der Waals surface area contributed by atoms with Gasteiger partial charge in [0.1, 0.15) is 6.10 Å². The highest BCUT2D eigenvalue weighted by Gasteiger charge is 2.25. The zero-order chi connectivity index (χ0) is 30.0. The van der Waals surface area contributed by atoms with Gasteiger partial charge in [-0.25, -0.2) is 0 Å². The third-order valence-electron chi connectivity index (χ3n) is 6.71. The van der Waals surface area contributed by atoms with Crippen molar-refractivity contribution in [2.45, 2.75) is 18.9 Å². The number of ether oxygens (including phenoxy) is 3. The zero-order valence-corrected chi connectivity index (χ0v) is 25.5. The number of allylic oxidation sites excluding steroid dienone is 1. The average Bonchev–Trinajstić information content (AvgIpc) is 3.40. The van der Waals surface area contributed by atoms with E-state index in [1.807, 2.05) is 24.3 Å². The molecule has 3 heterocycles. The van der Waals surface area contributed by atoms with Crippen LogP contribution in [0.15, 0.2) is 30.3 Å². The SMILES string of the molecule is COc1ccc(/C(C#N)=C/c2ccc(N3CCC(OC(=O)CN4CCN(C)CC4)CC3)s2)cc1OC.CS(=O)(=O)O. The monoisotopic (exact) mass is 606 g/mol. The standard InChI is InChI=1S/C27H34N4O4S.CH4O3S/c1-29-12-14-30(15-13-29)19-27(32)35-22-8-10-31(11-9-22)26-7-5-23(36-26)16-21(18-28)20-4-6-24(33-2)25(17-20)34-3;1-5(2,3)4/h4-7,16-17,22H,8-15,19H2,1-3H3;1H3,(H,2,3,4)/b21-16+;. The molecule has 1 aromatic heterocycles. The van der Waals surface area contributed by atoms with E-state index in [9.17, 15) is 18.5 Å². The first-order valence-electron chi connectivity index (χ1n) is 13.2. The van der Waals surface area contributed by atoms with Crippen molar-refractivity contribution < 1.29 is 32.0 Å². The van der Waals surface area contributed by atoms with Gasteiger partial charge in [0.2, 0.25) is 0 Å². The van der Waals surface area contributed by atoms with Crippen molar-refractivity contribution in [3.05, 3.63) is 40.8 Å². The van der Waals surface area contributed by atoms with Crippen LogP contribution in [0.25, 0.3) is 11.6 Å². The first-order valence-corrected chi connectivity index (χ1v) is 15.9. The van der Waals surface area contributed by atoms with Gasteiger partial charge in [-0.3, -0.25) is 14.2 Å². The minimum atomic E-state index is -3.67. The summed E-state index contributed by atoms with van der Waals surface area (Å²) in [6, 6.07) is 11.9. The maximum absolute atomic E-state index is 12.4. The van der Waals surface area contributed by atoms with Crippen molar-refractivity contribution in [2.75, 3.05) is 78.2 Å². The molecule has 224 valence electrons. The second kappa shape index (κ2) is 15.2. The van der Waals surface area contributed by atoms with E-state index >= 15 is 0 Å². The Bertz CT molecular complexity index is 1330. The minimum absolute atomic E-state index is 0.0178. The van der Waals surface area contributed by atoms with E-state index in [1.54, 1.807) is 31.6 Å². The van der Waals surface area contributed by atoms with Crippen molar-refractivity contribution in [1.82, 2.24) is 9.80 Å². The second-order valence-corrected chi connectivity index (χ2v) is 12.5. The largest absolute Gasteiger partial charge is 0.493 e. The number of rotatable bonds is 8. The lowest BCUT2D eigenvalue weighted by Gasteiger charge is -2.34. The van der Waals surface area contributed by atoms with E-state index in [2.05, 4.69) is 33.9 Å². The van der Waals surface area contributed by atoms with E-state index in [0.717, 1.165) is 67.6 Å². The van der Waals surface area contributed by atoms with Crippen molar-refractivity contribution in [3.8, 4) is 17.6 Å². The smallest absolute Gasteiger partial charge is 0.320 e. The lowest BCUT2D eigenvalue weighted by Crippen LogP contribution is -2.47. The van der Waals surface area contributed by atoms with E-state index < -0.39 is 10.1 Å². The number of esters is 1. The van der Waals surface area contributed by atoms with Crippen LogP contribution in [0.1, 0.15) is 23.3 Å². The molecule has 0 spiro atoms. The lowest BCUT2D eigenvalue weighted by molar-refractivity contribution is -0.151. The summed E-state index contributed by atoms with van der Waals surface area (Å²) >= 11 is 1.66. The van der Waals surface area contributed by atoms with Crippen LogP contribution in [0.2, 0.25) is 0 Å². The molecule has 2 saturated heterocycles. The van der Waals surface area contributed by atoms with E-state index in [1.165, 1.54) is 0 Å². The summed E-state index contributed by atoms with van der Waals surface area (Å²) < 4.78 is 42.3. The first kappa shape index (κ1) is 32.4. The summed E-state index contributed by atoms with van der Waals surface area (Å²) in [5.41, 5.74) is 1.35. The number of hydrogen-bond acceptors (Lipinski definition) is 11. The number of nitriles is 1. The van der Waals surface area contributed by atoms with Crippen LogP contribution in [0.4, 0.5) is 5.00 Å². The van der Waals surface area contributed by atoms with Gasteiger partial charge in [0.25, 0.3) is 10.1 Å². The Labute approximate surface area is 246 Å². The van der Waals surface area contributed by atoms with Crippen molar-refractivity contribution in [1.29, 1.82) is 5.26 Å². The normalized spacial score (nSPS) is 17.3. The number of hydrogen-bond donors (Lipinski definition) is 1. The number of anilines is 1. The second-order valence-electron chi connectivity index (χ2n) is 9.90. The van der Waals surface area contributed by atoms with Gasteiger partial charge < -0.3 is 24.0 Å². The highest BCUT2D eigenvalue weighted by molar-refractivity contribution is 7.85. The maximum Gasteiger partial charge on any atom is 0.320 e. The molecule has 0 bridgehead atoms. The predicted octanol–water partition coefficient (Wildman–Crippen LogP) is 3.09. The summed E-state index contributed by atoms with van der Waals surface area (Å²) in [5, 5.41) is 10.9. The number of methoxy groups -OCH3 is 2. The van der Waals surface area contributed by atoms with Crippen LogP contribution in [-0.2, 0) is 19.6 Å². The summed E-state index contributed by atoms with van der Waals surface area (Å²) in [4.78, 5) is 20.2. The maximum atomic E-state index is 12.4. The number of piperidine rings is 1. The third-order valence-corrected chi connectivity index (χ3v) is 7.81. The molecule has 41 heavy (non-hydrogen) atoms. The van der Waals surface area contributed by atoms with Gasteiger partial charge in [-0.1, -0.05) is 0 Å². The number of carbonyl (C=O) groups excluding carboxylic acids is 1. The topological polar surface area (TPSA) is 133 Å². The number of nitrogens with zero attached hydrogens (tertiary/aromatic N) is 4. The highest BCUT2D eigenvalue weighted by atomic mass is 32.2. The number of likely N-dealkylation sites (N-methyl/N-ethyl adjacent to an activating group) is 1. The predicted molar refractivity (Wildman–Crippen MR) is 160 cm³/mol. The van der Waals surface area contributed by atoms with Crippen molar-refractivity contribution >= 4 is 44.1 Å². The fraction of sp³-hybridized carbons (Fsp3) is 0.500. The Kier molecular flexibility index (Phi) is 12.0. The number of benzene rings is 1. The summed E-state index contributed by atoms with van der Waals surface area (Å²) in [5.74, 6) is 1.11. The highest BCUT2D eigenvalue weighted by Crippen LogP contribution is 2.34. The molecule has 0 radical (unpaired) electrons. The Hall–Kier alpha value is -3.15. The molecule has 0 atom stereocenters. The Morgan fingerprint density at radius 3 is 2.29 bits per heavy atom. The average molecular weight is 607 g/mol. The van der Waals surface area contributed by atoms with Gasteiger partial charge in [0, 0.05) is 57.0 Å². The molecule has 2 aliphatic rings. The van der Waals surface area contributed by atoms with Gasteiger partial charge in [-0.05, 0) is 49.0 Å². The van der Waals surface area contributed by atoms with E-state index in [0.29, 0.717) is 29.9 Å². The number of piperazine rings is 1. The molecule has 4 rings (SSSR count). The number of thiophene rings is 1. The fourth-order valence-electron chi connectivity index (χ4n) is 4.52. The zero-order valence-electron chi connectivity index (χ0n) is 23.9. The molecular weight excluding hydrogens is 568 g/mol. The molecule has 13 heteroatoms. The molecule has 0 unspecified atom stereocenters. The van der Waals surface area contributed by atoms with Crippen LogP contribution in [0.3, 0.4) is 0 Å². The van der Waals surface area contributed by atoms with E-state index in [4.69, 9.17) is 18.8 Å². The summed E-state index contributed by atoms with van der Waals surface area (Å²) in [7, 11) is 1.62. The first-order chi connectivity index (χ1) is 19.5. The van der Waals surface area contributed by atoms with Gasteiger partial charge in [0.15, 0.2) is 11.5 Å². The third kappa shape index (κ3) is 10.6. The molecule has 2 aromatic rings. The molecular formula is C28H38N4O7S2. The van der Waals surface area contributed by atoms with E-state index in [-0.39, 0.29) is 12.1 Å². The molecule has 11 nitrogen and oxygen atoms in total. The Balaban J connectivity index is 0.000000850. The molecule has 1 aromatic carbocycles. The van der Waals surface area contributed by atoms with Crippen LogP contribution in [0, 0.1) is 11.3 Å². The molecule has 0 aliphatic carbocycles. The quantitative estimate of drug-likeness (QED) is 0.270. The molecule has 2 fully saturated rings. The van der Waals surface area contributed by atoms with Crippen molar-refractivity contribution in [3.63, 3.8) is 0 Å². The lowest BCUT2D eigenvalue weighted by atomic mass is 10.1. The van der Waals surface area contributed by atoms with Crippen LogP contribution in [0.5, 0.6) is 11.5 Å². The Morgan fingerprint density at radius 2 is 1.71 bits per heavy atom. The van der Waals surface area contributed by atoms with Crippen LogP contribution < -0.4 is 14.4 Å². The van der Waals surface area contributed by atoms with Gasteiger partial charge in [0.05, 0.1) is 43.7 Å². The fourth-order valence-corrected chi connectivity index (χ4v) is 5.52. The number of carbonyl (C=O) groups is 1. The molecule has 0 saturated carbocycles. The van der Waals surface area contributed by atoms with Crippen molar-refractivity contribution in [2.24, 2.45) is 0 Å². The van der Waals surface area contributed by atoms with Gasteiger partial charge in [-0.15, -0.1) is 11.3 Å². The molecule has 0 amide bonds. The summed E-state index contributed by atoms with van der Waals surface area (Å²) in [6.07, 6.45) is 4.25. The summed E-state index contributed by atoms with van der Waals surface area (Å²) in [6.45, 7) is 5.89. The van der Waals surface area contributed by atoms with Crippen LogP contribution in [-0.4, -0.2) is 108 Å². The Morgan fingerprint density at radius 1 is 1.07 bits per heavy atom. The molecule has 2 aliphatic heterocycles. The molecule has 1 N–H and O–H groups in total. The van der Waals surface area contributed by atoms with Gasteiger partial charge in [-0.2, -0.15) is 13.7 Å². The van der Waals surface area contributed by atoms with Gasteiger partial charge >= 0.3 is 5.97 Å². The minimum Gasteiger partial charge on any atom is -0.493 e. The van der Waals surface area contributed by atoms with Crippen LogP contribution >= 0.6 is 11.3 Å².